The van der Waals surface area contributed by atoms with Crippen molar-refractivity contribution >= 4 is 17.9 Å². The summed E-state index contributed by atoms with van der Waals surface area (Å²) in [5.74, 6) is 0.779. The van der Waals surface area contributed by atoms with Crippen molar-refractivity contribution in [1.29, 1.82) is 0 Å². The Bertz CT molecular complexity index is 826. The van der Waals surface area contributed by atoms with Crippen molar-refractivity contribution in [2.75, 3.05) is 13.2 Å². The van der Waals surface area contributed by atoms with Crippen LogP contribution in [0.2, 0.25) is 0 Å². The van der Waals surface area contributed by atoms with Gasteiger partial charge in [0.05, 0.1) is 0 Å². The zero-order valence-electron chi connectivity index (χ0n) is 36.8. The summed E-state index contributed by atoms with van der Waals surface area (Å²) in [4.78, 5) is 37.7. The molecule has 0 aliphatic carbocycles. The molecule has 0 N–H and O–H groups in total. The fraction of sp³-hybridized carbons (Fsp3) is 0.938. The molecule has 6 nitrogen and oxygen atoms in total. The zero-order valence-corrected chi connectivity index (χ0v) is 36.8. The van der Waals surface area contributed by atoms with E-state index in [9.17, 15) is 14.4 Å². The van der Waals surface area contributed by atoms with Crippen molar-refractivity contribution in [2.45, 2.75) is 265 Å². The molecular weight excluding hydrogens is 673 g/mol. The highest BCUT2D eigenvalue weighted by Crippen LogP contribution is 2.17. The molecule has 0 saturated heterocycles. The molecule has 0 rings (SSSR count). The van der Waals surface area contributed by atoms with Crippen LogP contribution in [0, 0.1) is 11.8 Å². The van der Waals surface area contributed by atoms with Crippen LogP contribution in [0.3, 0.4) is 0 Å². The Morgan fingerprint density at radius 1 is 0.389 bits per heavy atom. The Labute approximate surface area is 336 Å². The lowest BCUT2D eigenvalue weighted by Crippen LogP contribution is -2.30. The van der Waals surface area contributed by atoms with Crippen molar-refractivity contribution < 1.29 is 28.6 Å². The Balaban J connectivity index is 4.32. The maximum atomic E-state index is 12.7. The maximum absolute atomic E-state index is 12.7. The van der Waals surface area contributed by atoms with E-state index in [0.29, 0.717) is 19.3 Å². The van der Waals surface area contributed by atoms with Gasteiger partial charge in [-0.2, -0.15) is 0 Å². The smallest absolute Gasteiger partial charge is 0.306 e. The second-order valence-electron chi connectivity index (χ2n) is 17.1. The Morgan fingerprint density at radius 3 is 1.06 bits per heavy atom. The average Bonchev–Trinajstić information content (AvgIpc) is 3.15. The minimum Gasteiger partial charge on any atom is -0.462 e. The number of ether oxygens (including phenoxy) is 3. The molecule has 0 aliphatic rings. The molecule has 1 unspecified atom stereocenters. The summed E-state index contributed by atoms with van der Waals surface area (Å²) in [6.07, 6.45) is 39.4. The molecule has 320 valence electrons. The first-order chi connectivity index (χ1) is 26.3. The monoisotopic (exact) mass is 765 g/mol. The van der Waals surface area contributed by atoms with E-state index >= 15 is 0 Å². The van der Waals surface area contributed by atoms with Crippen LogP contribution >= 0.6 is 0 Å². The summed E-state index contributed by atoms with van der Waals surface area (Å²) >= 11 is 0. The summed E-state index contributed by atoms with van der Waals surface area (Å²) in [6.45, 7) is 11.3. The van der Waals surface area contributed by atoms with Crippen LogP contribution in [0.15, 0.2) is 0 Å². The third kappa shape index (κ3) is 40.1. The molecule has 0 heterocycles. The largest absolute Gasteiger partial charge is 0.462 e. The molecule has 0 aromatic rings. The van der Waals surface area contributed by atoms with Gasteiger partial charge in [-0.3, -0.25) is 14.4 Å². The molecule has 0 fully saturated rings. The fourth-order valence-electron chi connectivity index (χ4n) is 7.07. The third-order valence-electron chi connectivity index (χ3n) is 11.1. The quantitative estimate of drug-likeness (QED) is 0.0350. The lowest BCUT2D eigenvalue weighted by Gasteiger charge is -2.18. The van der Waals surface area contributed by atoms with Crippen LogP contribution in [-0.2, 0) is 28.6 Å². The van der Waals surface area contributed by atoms with E-state index in [4.69, 9.17) is 14.2 Å². The summed E-state index contributed by atoms with van der Waals surface area (Å²) < 4.78 is 16.7. The van der Waals surface area contributed by atoms with Gasteiger partial charge in [-0.1, -0.05) is 221 Å². The molecule has 0 aliphatic heterocycles. The topological polar surface area (TPSA) is 78.9 Å². The highest BCUT2D eigenvalue weighted by Gasteiger charge is 2.19. The van der Waals surface area contributed by atoms with Gasteiger partial charge >= 0.3 is 17.9 Å². The van der Waals surface area contributed by atoms with Gasteiger partial charge in [-0.05, 0) is 31.1 Å². The van der Waals surface area contributed by atoms with Crippen LogP contribution < -0.4 is 0 Å². The fourth-order valence-corrected chi connectivity index (χ4v) is 7.07. The summed E-state index contributed by atoms with van der Waals surface area (Å²) in [6, 6.07) is 0. The van der Waals surface area contributed by atoms with Gasteiger partial charge in [-0.25, -0.2) is 0 Å². The molecule has 0 spiro atoms. The molecule has 2 atom stereocenters. The van der Waals surface area contributed by atoms with Gasteiger partial charge in [0.1, 0.15) is 13.2 Å². The van der Waals surface area contributed by atoms with Crippen molar-refractivity contribution in [3.63, 3.8) is 0 Å². The van der Waals surface area contributed by atoms with Gasteiger partial charge in [0.2, 0.25) is 0 Å². The molecule has 6 heteroatoms. The first-order valence-corrected chi connectivity index (χ1v) is 23.8. The summed E-state index contributed by atoms with van der Waals surface area (Å²) in [5.41, 5.74) is 0. The lowest BCUT2D eigenvalue weighted by molar-refractivity contribution is -0.167. The van der Waals surface area contributed by atoms with Crippen LogP contribution in [-0.4, -0.2) is 37.2 Å². The normalized spacial score (nSPS) is 12.6. The summed E-state index contributed by atoms with van der Waals surface area (Å²) in [7, 11) is 0. The standard InChI is InChI=1S/C48H92O6/c1-6-8-9-10-11-12-13-16-19-22-28-33-38-46(49)52-41-45(54-48(51)40-35-30-25-24-27-32-37-44(5)7-2)42-53-47(50)39-34-29-23-20-17-14-15-18-21-26-31-36-43(3)4/h43-45H,6-42H2,1-5H3/t44?,45-/m1/s1. The maximum Gasteiger partial charge on any atom is 0.306 e. The number of unbranched alkanes of at least 4 members (excludes halogenated alkanes) is 26. The van der Waals surface area contributed by atoms with Gasteiger partial charge in [0, 0.05) is 19.3 Å². The van der Waals surface area contributed by atoms with E-state index in [1.54, 1.807) is 0 Å². The molecular formula is C48H92O6. The van der Waals surface area contributed by atoms with Gasteiger partial charge in [0.15, 0.2) is 6.10 Å². The van der Waals surface area contributed by atoms with Gasteiger partial charge in [0.25, 0.3) is 0 Å². The van der Waals surface area contributed by atoms with E-state index in [2.05, 4.69) is 34.6 Å². The highest BCUT2D eigenvalue weighted by atomic mass is 16.6. The van der Waals surface area contributed by atoms with Crippen molar-refractivity contribution in [3.8, 4) is 0 Å². The van der Waals surface area contributed by atoms with E-state index < -0.39 is 6.10 Å². The first kappa shape index (κ1) is 52.4. The number of hydrogen-bond donors (Lipinski definition) is 0. The van der Waals surface area contributed by atoms with Crippen molar-refractivity contribution in [2.24, 2.45) is 11.8 Å². The predicted octanol–water partition coefficient (Wildman–Crippen LogP) is 15.0. The molecule has 0 saturated carbocycles. The van der Waals surface area contributed by atoms with Crippen LogP contribution in [0.1, 0.15) is 259 Å². The van der Waals surface area contributed by atoms with Crippen molar-refractivity contribution in [1.82, 2.24) is 0 Å². The average molecular weight is 765 g/mol. The Morgan fingerprint density at radius 2 is 0.704 bits per heavy atom. The number of hydrogen-bond acceptors (Lipinski definition) is 6. The number of esters is 3. The minimum absolute atomic E-state index is 0.0652. The second kappa shape index (κ2) is 41.1. The lowest BCUT2D eigenvalue weighted by atomic mass is 10.00. The predicted molar refractivity (Wildman–Crippen MR) is 229 cm³/mol. The number of carbonyl (C=O) groups excluding carboxylic acids is 3. The van der Waals surface area contributed by atoms with Crippen LogP contribution in [0.25, 0.3) is 0 Å². The van der Waals surface area contributed by atoms with E-state index in [1.807, 2.05) is 0 Å². The molecule has 0 radical (unpaired) electrons. The zero-order chi connectivity index (χ0) is 39.7. The summed E-state index contributed by atoms with van der Waals surface area (Å²) in [5, 5.41) is 0. The minimum atomic E-state index is -0.761. The van der Waals surface area contributed by atoms with E-state index in [0.717, 1.165) is 69.6 Å². The van der Waals surface area contributed by atoms with E-state index in [1.165, 1.54) is 148 Å². The Kier molecular flexibility index (Phi) is 39.8. The second-order valence-corrected chi connectivity index (χ2v) is 17.1. The third-order valence-corrected chi connectivity index (χ3v) is 11.1. The van der Waals surface area contributed by atoms with Crippen molar-refractivity contribution in [3.05, 3.63) is 0 Å². The first-order valence-electron chi connectivity index (χ1n) is 23.8. The van der Waals surface area contributed by atoms with Crippen LogP contribution in [0.5, 0.6) is 0 Å². The van der Waals surface area contributed by atoms with Crippen LogP contribution in [0.4, 0.5) is 0 Å². The van der Waals surface area contributed by atoms with Gasteiger partial charge < -0.3 is 14.2 Å². The molecule has 0 amide bonds. The number of rotatable bonds is 42. The number of carbonyl (C=O) groups is 3. The molecule has 0 bridgehead atoms. The van der Waals surface area contributed by atoms with Gasteiger partial charge in [-0.15, -0.1) is 0 Å². The molecule has 0 aromatic heterocycles. The molecule has 0 aromatic carbocycles. The van der Waals surface area contributed by atoms with E-state index in [-0.39, 0.29) is 31.1 Å². The highest BCUT2D eigenvalue weighted by molar-refractivity contribution is 5.71. The molecule has 54 heavy (non-hydrogen) atoms. The Hall–Kier alpha value is -1.59. The SMILES string of the molecule is CCCCCCCCCCCCCCC(=O)OC[C@H](COC(=O)CCCCCCCCCCCCCC(C)C)OC(=O)CCCCCCCCC(C)CC.